The fourth-order valence-electron chi connectivity index (χ4n) is 5.45. The molecule has 4 aromatic carbocycles. The molecule has 0 aromatic heterocycles. The minimum atomic E-state index is -3.05. The van der Waals surface area contributed by atoms with E-state index in [1.807, 2.05) is 64.1 Å². The van der Waals surface area contributed by atoms with Crippen molar-refractivity contribution in [3.05, 3.63) is 117 Å². The molecule has 6 nitrogen and oxygen atoms in total. The topological polar surface area (TPSA) is 74.8 Å². The van der Waals surface area contributed by atoms with Gasteiger partial charge in [0.05, 0.1) is 0 Å². The standard InChI is InChI=1S/C32H24Br2N2O4Se/c1-17-5-11-27(19(3)13-17)35-29(37)23-9-7-21(15-25(23)31(35)39)41(33,34)22-8-10-24-26(16-22)32(40)36(30(24)38)28-12-6-18(2)14-20(28)4/h5-16H,1-4H3. The van der Waals surface area contributed by atoms with Crippen LogP contribution in [0.2, 0.25) is 0 Å². The van der Waals surface area contributed by atoms with Crippen LogP contribution >= 0.6 is 28.2 Å². The Morgan fingerprint density at radius 1 is 0.488 bits per heavy atom. The van der Waals surface area contributed by atoms with Crippen molar-refractivity contribution in [2.24, 2.45) is 0 Å². The van der Waals surface area contributed by atoms with Crippen molar-refractivity contribution in [2.45, 2.75) is 27.7 Å². The molecule has 6 rings (SSSR count). The Bertz CT molecular complexity index is 1730. The van der Waals surface area contributed by atoms with Gasteiger partial charge in [-0.05, 0) is 0 Å². The third kappa shape index (κ3) is 4.34. The normalized spacial score (nSPS) is 15.1. The van der Waals surface area contributed by atoms with Crippen molar-refractivity contribution in [3.8, 4) is 0 Å². The van der Waals surface area contributed by atoms with Crippen molar-refractivity contribution in [1.82, 2.24) is 0 Å². The van der Waals surface area contributed by atoms with Crippen LogP contribution in [0.25, 0.3) is 0 Å². The van der Waals surface area contributed by atoms with Gasteiger partial charge in [-0.15, -0.1) is 0 Å². The Hall–Kier alpha value is -3.36. The second-order valence-electron chi connectivity index (χ2n) is 10.4. The number of anilines is 2. The van der Waals surface area contributed by atoms with Gasteiger partial charge in [-0.25, -0.2) is 0 Å². The number of fused-ring (bicyclic) bond motifs is 2. The molecule has 4 amide bonds. The number of amides is 4. The van der Waals surface area contributed by atoms with E-state index in [0.29, 0.717) is 33.6 Å². The summed E-state index contributed by atoms with van der Waals surface area (Å²) in [5.41, 5.74) is 6.30. The average molecular weight is 739 g/mol. The molecule has 2 aliphatic heterocycles. The first kappa shape index (κ1) is 27.8. The zero-order valence-electron chi connectivity index (χ0n) is 22.6. The quantitative estimate of drug-likeness (QED) is 0.194. The van der Waals surface area contributed by atoms with Gasteiger partial charge < -0.3 is 0 Å². The zero-order valence-corrected chi connectivity index (χ0v) is 27.5. The van der Waals surface area contributed by atoms with Crippen LogP contribution in [-0.4, -0.2) is 32.9 Å². The molecule has 0 saturated carbocycles. The Morgan fingerprint density at radius 3 is 1.22 bits per heavy atom. The van der Waals surface area contributed by atoms with Crippen molar-refractivity contribution in [3.63, 3.8) is 0 Å². The Labute approximate surface area is 254 Å². The number of benzene rings is 4. The first-order chi connectivity index (χ1) is 19.4. The second-order valence-corrected chi connectivity index (χ2v) is 28.9. The molecule has 0 bridgehead atoms. The van der Waals surface area contributed by atoms with E-state index in [4.69, 9.17) is 0 Å². The second kappa shape index (κ2) is 9.88. The summed E-state index contributed by atoms with van der Waals surface area (Å²) in [6.07, 6.45) is 0. The van der Waals surface area contributed by atoms with Gasteiger partial charge in [0, 0.05) is 0 Å². The van der Waals surface area contributed by atoms with Crippen LogP contribution in [0.3, 0.4) is 0 Å². The number of carbonyl (C=O) groups excluding carboxylic acids is 4. The van der Waals surface area contributed by atoms with Crippen LogP contribution in [0, 0.1) is 27.7 Å². The van der Waals surface area contributed by atoms with Gasteiger partial charge in [0.25, 0.3) is 0 Å². The van der Waals surface area contributed by atoms with Crippen molar-refractivity contribution >= 4 is 81.4 Å². The van der Waals surface area contributed by atoms with E-state index in [1.54, 1.807) is 36.4 Å². The first-order valence-electron chi connectivity index (χ1n) is 12.8. The summed E-state index contributed by atoms with van der Waals surface area (Å²) < 4.78 is 1.62. The first-order valence-corrected chi connectivity index (χ1v) is 22.6. The summed E-state index contributed by atoms with van der Waals surface area (Å²) in [7, 11) is -3.05. The fraction of sp³-hybridized carbons (Fsp3) is 0.125. The van der Waals surface area contributed by atoms with Crippen LogP contribution in [0.4, 0.5) is 11.4 Å². The zero-order chi connectivity index (χ0) is 29.4. The molecule has 0 atom stereocenters. The molecular formula is C32H24Br2N2O4Se. The van der Waals surface area contributed by atoms with E-state index in [1.165, 1.54) is 9.80 Å². The van der Waals surface area contributed by atoms with E-state index >= 15 is 0 Å². The molecule has 0 N–H and O–H groups in total. The van der Waals surface area contributed by atoms with Gasteiger partial charge >= 0.3 is 255 Å². The van der Waals surface area contributed by atoms with E-state index in [9.17, 15) is 19.2 Å². The minimum absolute atomic E-state index is 0.335. The number of rotatable bonds is 4. The number of aryl methyl sites for hydroxylation is 4. The molecule has 9 heteroatoms. The van der Waals surface area contributed by atoms with Gasteiger partial charge in [0.15, 0.2) is 0 Å². The molecule has 0 aliphatic carbocycles. The fourth-order valence-corrected chi connectivity index (χ4v) is 12.3. The number of halogens is 2. The van der Waals surface area contributed by atoms with E-state index in [0.717, 1.165) is 31.2 Å². The number of imide groups is 2. The summed E-state index contributed by atoms with van der Waals surface area (Å²) in [5.74, 6) is -1.44. The summed E-state index contributed by atoms with van der Waals surface area (Å²) in [6, 6.07) is 21.8. The number of hydrogen-bond acceptors (Lipinski definition) is 4. The van der Waals surface area contributed by atoms with Gasteiger partial charge in [0.2, 0.25) is 0 Å². The number of carbonyl (C=O) groups is 4. The molecule has 0 saturated heterocycles. The van der Waals surface area contributed by atoms with Crippen LogP contribution < -0.4 is 18.7 Å². The monoisotopic (exact) mass is 738 g/mol. The Balaban J connectivity index is 1.36. The summed E-state index contributed by atoms with van der Waals surface area (Å²) in [4.78, 5) is 56.1. The maximum absolute atomic E-state index is 13.5. The Kier molecular flexibility index (Phi) is 6.70. The Morgan fingerprint density at radius 2 is 0.854 bits per heavy atom. The molecule has 0 unspecified atom stereocenters. The molecule has 41 heavy (non-hydrogen) atoms. The SMILES string of the molecule is Cc1ccc(N2C(=O)c3ccc([Se](Br)(Br)c4ccc5c(c4)C(=O)N(c4ccc(C)cc4C)C5=O)cc3C2=O)c(C)c1. The number of nitrogens with zero attached hydrogens (tertiary/aromatic N) is 2. The molecule has 4 aromatic rings. The van der Waals surface area contributed by atoms with Crippen LogP contribution in [0.1, 0.15) is 63.7 Å². The van der Waals surface area contributed by atoms with Crippen molar-refractivity contribution in [2.75, 3.05) is 9.80 Å². The third-order valence-corrected chi connectivity index (χ3v) is 18.8. The molecule has 0 spiro atoms. The van der Waals surface area contributed by atoms with Crippen LogP contribution in [-0.2, 0) is 0 Å². The van der Waals surface area contributed by atoms with E-state index in [-0.39, 0.29) is 23.6 Å². The third-order valence-electron chi connectivity index (χ3n) is 7.49. The molecule has 0 fully saturated rings. The molecule has 2 aliphatic rings. The van der Waals surface area contributed by atoms with Crippen LogP contribution in [0.15, 0.2) is 72.8 Å². The summed E-state index contributed by atoms with van der Waals surface area (Å²) in [5, 5.41) is 0. The van der Waals surface area contributed by atoms with Gasteiger partial charge in [0.1, 0.15) is 0 Å². The number of hydrogen-bond donors (Lipinski definition) is 0. The molecular weight excluding hydrogens is 715 g/mol. The van der Waals surface area contributed by atoms with Gasteiger partial charge in [-0.1, -0.05) is 0 Å². The van der Waals surface area contributed by atoms with Crippen LogP contribution in [0.5, 0.6) is 0 Å². The summed E-state index contributed by atoms with van der Waals surface area (Å²) in [6.45, 7) is 7.69. The van der Waals surface area contributed by atoms with E-state index in [2.05, 4.69) is 28.2 Å². The predicted molar refractivity (Wildman–Crippen MR) is 170 cm³/mol. The molecule has 206 valence electrons. The molecule has 2 heterocycles. The van der Waals surface area contributed by atoms with Gasteiger partial charge in [-0.2, -0.15) is 0 Å². The van der Waals surface area contributed by atoms with Crippen molar-refractivity contribution in [1.29, 1.82) is 0 Å². The van der Waals surface area contributed by atoms with Crippen molar-refractivity contribution < 1.29 is 19.2 Å². The average Bonchev–Trinajstić information content (AvgIpc) is 3.33. The predicted octanol–water partition coefficient (Wildman–Crippen LogP) is 5.87. The molecule has 0 radical (unpaired) electrons. The maximum atomic E-state index is 13.5. The summed E-state index contributed by atoms with van der Waals surface area (Å²) >= 11 is 7.80. The van der Waals surface area contributed by atoms with Gasteiger partial charge in [-0.3, -0.25) is 0 Å². The van der Waals surface area contributed by atoms with E-state index < -0.39 is 9.23 Å².